The number of para-hydroxylation sites is 1. The highest BCUT2D eigenvalue weighted by Gasteiger charge is 2.11. The number of hydrazone groups is 1. The van der Waals surface area contributed by atoms with Crippen LogP contribution in [0.25, 0.3) is 0 Å². The quantitative estimate of drug-likeness (QED) is 0.384. The van der Waals surface area contributed by atoms with Crippen molar-refractivity contribution in [2.24, 2.45) is 5.10 Å². The summed E-state index contributed by atoms with van der Waals surface area (Å²) < 4.78 is 5.27. The number of aryl methyl sites for hydroxylation is 1. The van der Waals surface area contributed by atoms with Crippen LogP contribution in [0, 0.1) is 6.92 Å². The number of halogens is 1. The Morgan fingerprint density at radius 3 is 2.70 bits per heavy atom. The highest BCUT2D eigenvalue weighted by atomic mass is 35.5. The molecule has 7 nitrogen and oxygen atoms in total. The molecule has 0 radical (unpaired) electrons. The van der Waals surface area contributed by atoms with Gasteiger partial charge < -0.3 is 15.2 Å². The van der Waals surface area contributed by atoms with E-state index in [0.717, 1.165) is 5.56 Å². The molecule has 142 valence electrons. The van der Waals surface area contributed by atoms with E-state index in [9.17, 15) is 14.7 Å². The maximum absolute atomic E-state index is 11.9. The summed E-state index contributed by atoms with van der Waals surface area (Å²) in [5, 5.41) is 16.4. The number of carbonyl (C=O) groups is 2. The van der Waals surface area contributed by atoms with E-state index in [0.29, 0.717) is 17.9 Å². The third kappa shape index (κ3) is 6.00. The second-order valence-electron chi connectivity index (χ2n) is 5.62. The molecule has 0 aliphatic carbocycles. The number of phenolic OH excluding ortho intramolecular Hbond substituents is 1. The highest BCUT2D eigenvalue weighted by molar-refractivity contribution is 6.32. The summed E-state index contributed by atoms with van der Waals surface area (Å²) in [5.74, 6) is -0.946. The van der Waals surface area contributed by atoms with Gasteiger partial charge >= 0.3 is 0 Å². The van der Waals surface area contributed by atoms with Gasteiger partial charge in [0.05, 0.1) is 17.8 Å². The van der Waals surface area contributed by atoms with Gasteiger partial charge in [-0.1, -0.05) is 29.8 Å². The average Bonchev–Trinajstić information content (AvgIpc) is 2.61. The lowest BCUT2D eigenvalue weighted by atomic mass is 10.2. The first-order chi connectivity index (χ1) is 12.9. The second kappa shape index (κ2) is 9.59. The van der Waals surface area contributed by atoms with Gasteiger partial charge in [-0.15, -0.1) is 0 Å². The number of nitrogens with zero attached hydrogens (tertiary/aromatic N) is 1. The molecular weight excluding hydrogens is 370 g/mol. The number of aromatic hydroxyl groups is 1. The van der Waals surface area contributed by atoms with E-state index in [1.165, 1.54) is 18.3 Å². The van der Waals surface area contributed by atoms with Crippen LogP contribution in [-0.4, -0.2) is 29.7 Å². The Morgan fingerprint density at radius 2 is 2.00 bits per heavy atom. The molecule has 0 spiro atoms. The van der Waals surface area contributed by atoms with Gasteiger partial charge in [-0.3, -0.25) is 9.59 Å². The van der Waals surface area contributed by atoms with E-state index >= 15 is 0 Å². The molecule has 0 atom stereocenters. The first kappa shape index (κ1) is 20.3. The Balaban J connectivity index is 1.91. The van der Waals surface area contributed by atoms with Crippen molar-refractivity contribution in [3.8, 4) is 11.5 Å². The Hall–Kier alpha value is -3.06. The zero-order valence-corrected chi connectivity index (χ0v) is 15.7. The highest BCUT2D eigenvalue weighted by Crippen LogP contribution is 2.34. The van der Waals surface area contributed by atoms with Gasteiger partial charge in [0.25, 0.3) is 0 Å². The Labute approximate surface area is 162 Å². The molecule has 0 aliphatic heterocycles. The van der Waals surface area contributed by atoms with Gasteiger partial charge in [0, 0.05) is 5.69 Å². The van der Waals surface area contributed by atoms with Gasteiger partial charge in [0.2, 0.25) is 11.8 Å². The number of rotatable bonds is 7. The Kier molecular flexibility index (Phi) is 7.19. The van der Waals surface area contributed by atoms with Crippen molar-refractivity contribution < 1.29 is 19.4 Å². The molecule has 0 unspecified atom stereocenters. The molecule has 3 N–H and O–H groups in total. The third-order valence-corrected chi connectivity index (χ3v) is 3.78. The SMILES string of the molecule is CCOc1cc(C=NNC(=O)CC(=O)Nc2ccccc2C)cc(Cl)c1O. The molecule has 0 heterocycles. The van der Waals surface area contributed by atoms with Gasteiger partial charge in [-0.2, -0.15) is 5.10 Å². The summed E-state index contributed by atoms with van der Waals surface area (Å²) in [5.41, 5.74) is 4.35. The molecule has 2 rings (SSSR count). The third-order valence-electron chi connectivity index (χ3n) is 3.49. The zero-order chi connectivity index (χ0) is 19.8. The number of nitrogens with one attached hydrogen (secondary N) is 2. The van der Waals surface area contributed by atoms with Crippen molar-refractivity contribution in [1.82, 2.24) is 5.43 Å². The molecule has 2 aromatic rings. The van der Waals surface area contributed by atoms with Crippen molar-refractivity contribution >= 4 is 35.3 Å². The summed E-state index contributed by atoms with van der Waals surface area (Å²) >= 11 is 5.92. The van der Waals surface area contributed by atoms with Gasteiger partial charge in [-0.25, -0.2) is 5.43 Å². The lowest BCUT2D eigenvalue weighted by Gasteiger charge is -2.08. The number of phenols is 1. The average molecular weight is 390 g/mol. The molecule has 0 bridgehead atoms. The maximum atomic E-state index is 11.9. The van der Waals surface area contributed by atoms with Crippen LogP contribution in [0.1, 0.15) is 24.5 Å². The fourth-order valence-electron chi connectivity index (χ4n) is 2.21. The summed E-state index contributed by atoms with van der Waals surface area (Å²) in [7, 11) is 0. The van der Waals surface area contributed by atoms with E-state index in [1.807, 2.05) is 19.1 Å². The van der Waals surface area contributed by atoms with E-state index in [2.05, 4.69) is 15.8 Å². The van der Waals surface area contributed by atoms with E-state index < -0.39 is 11.8 Å². The topological polar surface area (TPSA) is 100 Å². The fourth-order valence-corrected chi connectivity index (χ4v) is 2.42. The number of hydrogen-bond donors (Lipinski definition) is 3. The lowest BCUT2D eigenvalue weighted by Crippen LogP contribution is -2.24. The largest absolute Gasteiger partial charge is 0.503 e. The molecule has 0 saturated carbocycles. The minimum Gasteiger partial charge on any atom is -0.503 e. The monoisotopic (exact) mass is 389 g/mol. The zero-order valence-electron chi connectivity index (χ0n) is 15.0. The van der Waals surface area contributed by atoms with Crippen LogP contribution in [0.15, 0.2) is 41.5 Å². The fraction of sp³-hybridized carbons (Fsp3) is 0.211. The van der Waals surface area contributed by atoms with Gasteiger partial charge in [-0.05, 0) is 43.2 Å². The van der Waals surface area contributed by atoms with Crippen LogP contribution in [0.4, 0.5) is 5.69 Å². The van der Waals surface area contributed by atoms with Crippen molar-refractivity contribution in [1.29, 1.82) is 0 Å². The van der Waals surface area contributed by atoms with Crippen LogP contribution in [0.3, 0.4) is 0 Å². The predicted molar refractivity (Wildman–Crippen MR) is 104 cm³/mol. The first-order valence-electron chi connectivity index (χ1n) is 8.23. The van der Waals surface area contributed by atoms with Crippen molar-refractivity contribution in [2.45, 2.75) is 20.3 Å². The van der Waals surface area contributed by atoms with Crippen LogP contribution in [0.2, 0.25) is 5.02 Å². The summed E-state index contributed by atoms with van der Waals surface area (Å²) in [6.45, 7) is 3.99. The molecule has 2 aromatic carbocycles. The summed E-state index contributed by atoms with van der Waals surface area (Å²) in [6.07, 6.45) is 0.969. The smallest absolute Gasteiger partial charge is 0.249 e. The van der Waals surface area contributed by atoms with Crippen molar-refractivity contribution in [3.05, 3.63) is 52.5 Å². The van der Waals surface area contributed by atoms with Gasteiger partial charge in [0.1, 0.15) is 6.42 Å². The second-order valence-corrected chi connectivity index (χ2v) is 6.02. The van der Waals surface area contributed by atoms with Crippen molar-refractivity contribution in [2.75, 3.05) is 11.9 Å². The number of ether oxygens (including phenoxy) is 1. The van der Waals surface area contributed by atoms with E-state index in [1.54, 1.807) is 19.1 Å². The molecule has 0 fully saturated rings. The Morgan fingerprint density at radius 1 is 1.26 bits per heavy atom. The molecule has 0 aromatic heterocycles. The molecule has 8 heteroatoms. The van der Waals surface area contributed by atoms with Crippen LogP contribution < -0.4 is 15.5 Å². The predicted octanol–water partition coefficient (Wildman–Crippen LogP) is 3.23. The van der Waals surface area contributed by atoms with Crippen LogP contribution in [0.5, 0.6) is 11.5 Å². The van der Waals surface area contributed by atoms with Gasteiger partial charge in [0.15, 0.2) is 11.5 Å². The molecule has 27 heavy (non-hydrogen) atoms. The number of benzene rings is 2. The minimum absolute atomic E-state index is 0.103. The lowest BCUT2D eigenvalue weighted by molar-refractivity contribution is -0.126. The summed E-state index contributed by atoms with van der Waals surface area (Å²) in [6, 6.07) is 10.3. The maximum Gasteiger partial charge on any atom is 0.249 e. The minimum atomic E-state index is -0.563. The molecular formula is C19H20ClN3O4. The number of carbonyl (C=O) groups excluding carboxylic acids is 2. The van der Waals surface area contributed by atoms with Crippen LogP contribution >= 0.6 is 11.6 Å². The number of amides is 2. The van der Waals surface area contributed by atoms with E-state index in [-0.39, 0.29) is 22.9 Å². The van der Waals surface area contributed by atoms with Crippen LogP contribution in [-0.2, 0) is 9.59 Å². The Bertz CT molecular complexity index is 868. The van der Waals surface area contributed by atoms with Crippen molar-refractivity contribution in [3.63, 3.8) is 0 Å². The first-order valence-corrected chi connectivity index (χ1v) is 8.61. The molecule has 0 saturated heterocycles. The number of anilines is 1. The number of hydrogen-bond acceptors (Lipinski definition) is 5. The standard InChI is InChI=1S/C19H20ClN3O4/c1-3-27-16-9-13(8-14(20)19(16)26)11-21-23-18(25)10-17(24)22-15-7-5-4-6-12(15)2/h4-9,11,26H,3,10H2,1-2H3,(H,22,24)(H,23,25). The molecule has 0 aliphatic rings. The summed E-state index contributed by atoms with van der Waals surface area (Å²) in [4.78, 5) is 23.8. The van der Waals surface area contributed by atoms with E-state index in [4.69, 9.17) is 16.3 Å². The molecule has 2 amide bonds. The normalized spacial score (nSPS) is 10.6.